The van der Waals surface area contributed by atoms with E-state index in [9.17, 15) is 19.2 Å². The van der Waals surface area contributed by atoms with E-state index in [0.29, 0.717) is 17.3 Å². The summed E-state index contributed by atoms with van der Waals surface area (Å²) in [5.74, 6) is -1.71. The molecule has 0 saturated heterocycles. The molecule has 1 atom stereocenters. The molecule has 0 fully saturated rings. The average molecular weight is 415 g/mol. The van der Waals surface area contributed by atoms with Gasteiger partial charge < -0.3 is 5.32 Å². The summed E-state index contributed by atoms with van der Waals surface area (Å²) in [5, 5.41) is 7.60. The summed E-state index contributed by atoms with van der Waals surface area (Å²) in [6.45, 7) is 7.34. The second-order valence-electron chi connectivity index (χ2n) is 7.50. The summed E-state index contributed by atoms with van der Waals surface area (Å²) >= 11 is 0. The topological polar surface area (TPSA) is 122 Å². The van der Waals surface area contributed by atoms with Crippen molar-refractivity contribution in [1.29, 1.82) is 0 Å². The molecule has 1 aromatic heterocycles. The number of amides is 3. The predicted molar refractivity (Wildman–Crippen MR) is 114 cm³/mol. The maximum Gasteiger partial charge on any atom is 0.290 e. The van der Waals surface area contributed by atoms with E-state index in [4.69, 9.17) is 0 Å². The van der Waals surface area contributed by atoms with Crippen molar-refractivity contribution in [3.8, 4) is 0 Å². The highest BCUT2D eigenvalue weighted by Crippen LogP contribution is 2.13. The monoisotopic (exact) mass is 415 g/mol. The van der Waals surface area contributed by atoms with Crippen molar-refractivity contribution >= 4 is 28.5 Å². The van der Waals surface area contributed by atoms with Crippen LogP contribution in [0.15, 0.2) is 29.1 Å². The molecule has 0 radical (unpaired) electrons. The molecule has 1 heterocycles. The lowest BCUT2D eigenvalue weighted by Gasteiger charge is -2.21. The molecular weight excluding hydrogens is 386 g/mol. The largest absolute Gasteiger partial charge is 0.344 e. The van der Waals surface area contributed by atoms with Gasteiger partial charge in [0.05, 0.1) is 5.39 Å². The van der Waals surface area contributed by atoms with Gasteiger partial charge in [0.15, 0.2) is 5.69 Å². The van der Waals surface area contributed by atoms with E-state index < -0.39 is 17.9 Å². The number of hydrogen-bond acceptors (Lipinski definition) is 5. The molecule has 0 aliphatic heterocycles. The number of carbonyl (C=O) groups is 3. The van der Waals surface area contributed by atoms with E-state index in [2.05, 4.69) is 28.2 Å². The Bertz CT molecular complexity index is 983. The Morgan fingerprint density at radius 2 is 1.73 bits per heavy atom. The maximum absolute atomic E-state index is 12.8. The molecular formula is C21H29N5O4. The van der Waals surface area contributed by atoms with E-state index in [-0.39, 0.29) is 23.1 Å². The molecule has 9 nitrogen and oxygen atoms in total. The van der Waals surface area contributed by atoms with Crippen molar-refractivity contribution in [3.05, 3.63) is 40.3 Å². The Morgan fingerprint density at radius 3 is 2.33 bits per heavy atom. The minimum atomic E-state index is -0.796. The molecule has 2 aromatic rings. The standard InChI is InChI=1S/C21H29N5O4/c1-5-6-9-12-26-21(30)16-11-8-7-10-15(16)18(25-26)20(29)24-23-19(28)17(13(2)3)22-14(4)27/h7-8,10-11,13,17H,5-6,9,12H2,1-4H3,(H,22,27)(H,23,28)(H,24,29)/t17-/m0/s1. The zero-order valence-corrected chi connectivity index (χ0v) is 17.8. The number of nitrogens with one attached hydrogen (secondary N) is 3. The molecule has 30 heavy (non-hydrogen) atoms. The molecule has 0 aliphatic carbocycles. The summed E-state index contributed by atoms with van der Waals surface area (Å²) in [6.07, 6.45) is 2.71. The van der Waals surface area contributed by atoms with Crippen molar-refractivity contribution in [2.24, 2.45) is 5.92 Å². The van der Waals surface area contributed by atoms with Crippen LogP contribution >= 0.6 is 0 Å². The van der Waals surface area contributed by atoms with Gasteiger partial charge in [-0.25, -0.2) is 4.68 Å². The van der Waals surface area contributed by atoms with Gasteiger partial charge in [-0.05, 0) is 18.4 Å². The molecule has 2 rings (SSSR count). The van der Waals surface area contributed by atoms with Gasteiger partial charge in [-0.15, -0.1) is 0 Å². The zero-order chi connectivity index (χ0) is 22.3. The molecule has 0 unspecified atom stereocenters. The molecule has 0 bridgehead atoms. The Morgan fingerprint density at radius 1 is 1.07 bits per heavy atom. The molecule has 0 aliphatic rings. The first-order valence-electron chi connectivity index (χ1n) is 10.1. The normalized spacial score (nSPS) is 11.9. The van der Waals surface area contributed by atoms with Crippen LogP contribution < -0.4 is 21.7 Å². The quantitative estimate of drug-likeness (QED) is 0.446. The Balaban J connectivity index is 2.27. The van der Waals surface area contributed by atoms with Crippen LogP contribution in [0, 0.1) is 5.92 Å². The van der Waals surface area contributed by atoms with Crippen LogP contribution in [0.5, 0.6) is 0 Å². The number of aromatic nitrogens is 2. The van der Waals surface area contributed by atoms with Crippen molar-refractivity contribution in [2.45, 2.75) is 59.5 Å². The van der Waals surface area contributed by atoms with Crippen LogP contribution in [-0.4, -0.2) is 33.5 Å². The predicted octanol–water partition coefficient (Wildman–Crippen LogP) is 1.51. The SMILES string of the molecule is CCCCCn1nc(C(=O)NNC(=O)[C@@H](NC(C)=O)C(C)C)c2ccccc2c1=O. The molecule has 0 spiro atoms. The maximum atomic E-state index is 12.8. The van der Waals surface area contributed by atoms with Gasteiger partial charge in [0, 0.05) is 18.9 Å². The van der Waals surface area contributed by atoms with Crippen LogP contribution in [0.4, 0.5) is 0 Å². The fourth-order valence-electron chi connectivity index (χ4n) is 3.08. The van der Waals surface area contributed by atoms with Crippen LogP contribution in [0.2, 0.25) is 0 Å². The summed E-state index contributed by atoms with van der Waals surface area (Å²) in [4.78, 5) is 49.2. The summed E-state index contributed by atoms with van der Waals surface area (Å²) < 4.78 is 1.29. The van der Waals surface area contributed by atoms with Crippen LogP contribution in [0.25, 0.3) is 10.8 Å². The van der Waals surface area contributed by atoms with E-state index in [1.165, 1.54) is 11.6 Å². The number of unbranched alkanes of at least 4 members (excludes halogenated alkanes) is 2. The second kappa shape index (κ2) is 10.5. The number of nitrogens with zero attached hydrogens (tertiary/aromatic N) is 2. The van der Waals surface area contributed by atoms with Crippen LogP contribution in [-0.2, 0) is 16.1 Å². The Labute approximate surface area is 175 Å². The Hall–Kier alpha value is -3.23. The lowest BCUT2D eigenvalue weighted by molar-refractivity contribution is -0.129. The molecule has 3 amide bonds. The molecule has 162 valence electrons. The van der Waals surface area contributed by atoms with E-state index >= 15 is 0 Å². The Kier molecular flexibility index (Phi) is 8.08. The summed E-state index contributed by atoms with van der Waals surface area (Å²) in [7, 11) is 0. The number of benzene rings is 1. The third-order valence-electron chi connectivity index (χ3n) is 4.66. The highest BCUT2D eigenvalue weighted by Gasteiger charge is 2.24. The minimum absolute atomic E-state index is 0.0441. The van der Waals surface area contributed by atoms with E-state index in [1.54, 1.807) is 38.1 Å². The number of aryl methyl sites for hydroxylation is 1. The third-order valence-corrected chi connectivity index (χ3v) is 4.66. The van der Waals surface area contributed by atoms with Crippen LogP contribution in [0.3, 0.4) is 0 Å². The summed E-state index contributed by atoms with van der Waals surface area (Å²) in [6, 6.07) is 5.94. The highest BCUT2D eigenvalue weighted by atomic mass is 16.2. The van der Waals surface area contributed by atoms with Gasteiger partial charge in [-0.1, -0.05) is 51.8 Å². The van der Waals surface area contributed by atoms with Crippen molar-refractivity contribution in [1.82, 2.24) is 25.9 Å². The molecule has 1 aromatic carbocycles. The van der Waals surface area contributed by atoms with Crippen molar-refractivity contribution < 1.29 is 14.4 Å². The third kappa shape index (κ3) is 5.65. The number of carbonyl (C=O) groups excluding carboxylic acids is 3. The first-order valence-corrected chi connectivity index (χ1v) is 10.1. The smallest absolute Gasteiger partial charge is 0.290 e. The van der Waals surface area contributed by atoms with Crippen LogP contribution in [0.1, 0.15) is 57.4 Å². The zero-order valence-electron chi connectivity index (χ0n) is 17.8. The number of rotatable bonds is 8. The number of fused-ring (bicyclic) bond motifs is 1. The molecule has 9 heteroatoms. The van der Waals surface area contributed by atoms with Crippen molar-refractivity contribution in [2.75, 3.05) is 0 Å². The van der Waals surface area contributed by atoms with E-state index in [0.717, 1.165) is 19.3 Å². The highest BCUT2D eigenvalue weighted by molar-refractivity contribution is 6.05. The van der Waals surface area contributed by atoms with E-state index in [1.807, 2.05) is 0 Å². The van der Waals surface area contributed by atoms with Gasteiger partial charge >= 0.3 is 0 Å². The first-order chi connectivity index (χ1) is 14.3. The fraction of sp³-hybridized carbons (Fsp3) is 0.476. The van der Waals surface area contributed by atoms with Crippen molar-refractivity contribution in [3.63, 3.8) is 0 Å². The second-order valence-corrected chi connectivity index (χ2v) is 7.50. The summed E-state index contributed by atoms with van der Waals surface area (Å²) in [5.41, 5.74) is 4.47. The fourth-order valence-corrected chi connectivity index (χ4v) is 3.08. The number of hydrazine groups is 1. The molecule has 3 N–H and O–H groups in total. The van der Waals surface area contributed by atoms with Gasteiger partial charge in [0.25, 0.3) is 17.4 Å². The van der Waals surface area contributed by atoms with Gasteiger partial charge in [-0.2, -0.15) is 5.10 Å². The van der Waals surface area contributed by atoms with Gasteiger partial charge in [0.1, 0.15) is 6.04 Å². The molecule has 0 saturated carbocycles. The van der Waals surface area contributed by atoms with Gasteiger partial charge in [-0.3, -0.25) is 30.0 Å². The lowest BCUT2D eigenvalue weighted by atomic mass is 10.0. The number of hydrogen-bond donors (Lipinski definition) is 3. The first kappa shape index (κ1) is 23.1. The van der Waals surface area contributed by atoms with Gasteiger partial charge in [0.2, 0.25) is 5.91 Å². The lowest BCUT2D eigenvalue weighted by Crippen LogP contribution is -2.54. The average Bonchev–Trinajstić information content (AvgIpc) is 2.71. The minimum Gasteiger partial charge on any atom is -0.344 e.